The van der Waals surface area contributed by atoms with E-state index < -0.39 is 34.7 Å². The molecule has 2 atom stereocenters. The molecule has 3 aromatic rings. The van der Waals surface area contributed by atoms with Crippen molar-refractivity contribution in [2.45, 2.75) is 55.8 Å². The molecule has 3 N–H and O–H groups in total. The Morgan fingerprint density at radius 2 is 1.69 bits per heavy atom. The van der Waals surface area contributed by atoms with Crippen LogP contribution in [0.1, 0.15) is 53.3 Å². The number of nitrogens with one attached hydrogen (secondary N) is 1. The zero-order chi connectivity index (χ0) is 33.9. The molecule has 1 saturated heterocycles. The smallest absolute Gasteiger partial charge is 0.387 e. The molecule has 2 fully saturated rings. The number of rotatable bonds is 13. The average Bonchev–Trinajstić information content (AvgIpc) is 3.72. The van der Waals surface area contributed by atoms with E-state index in [0.717, 1.165) is 17.1 Å². The first-order valence-corrected chi connectivity index (χ1v) is 17.1. The second-order valence-corrected chi connectivity index (χ2v) is 14.3. The molecule has 0 unspecified atom stereocenters. The summed E-state index contributed by atoms with van der Waals surface area (Å²) in [5.74, 6) is -0.903. The molecule has 48 heavy (non-hydrogen) atoms. The molecular weight excluding hydrogens is 695 g/mol. The maximum absolute atomic E-state index is 13.8. The molecule has 1 amide bonds. The van der Waals surface area contributed by atoms with Gasteiger partial charge in [-0.15, -0.1) is 0 Å². The van der Waals surface area contributed by atoms with Crippen LogP contribution in [0.3, 0.4) is 0 Å². The maximum Gasteiger partial charge on any atom is 0.387 e. The minimum atomic E-state index is -4.15. The van der Waals surface area contributed by atoms with E-state index in [9.17, 15) is 26.8 Å². The predicted octanol–water partition coefficient (Wildman–Crippen LogP) is 4.76. The van der Waals surface area contributed by atoms with Crippen LogP contribution in [-0.2, 0) is 26.0 Å². The van der Waals surface area contributed by atoms with Gasteiger partial charge in [0, 0.05) is 38.2 Å². The Bertz CT molecular complexity index is 1710. The van der Waals surface area contributed by atoms with Crippen molar-refractivity contribution in [1.82, 2.24) is 9.21 Å². The normalized spacial score (nSPS) is 17.0. The lowest BCUT2D eigenvalue weighted by molar-refractivity contribution is -0.377. The van der Waals surface area contributed by atoms with E-state index in [1.165, 1.54) is 59.8 Å². The number of hydrogen-bond acceptors (Lipinski definition) is 7. The molecule has 11 nitrogen and oxygen atoms in total. The fourth-order valence-corrected chi connectivity index (χ4v) is 7.43. The lowest BCUT2D eigenvalue weighted by Crippen LogP contribution is -2.41. The Morgan fingerprint density at radius 1 is 1.02 bits per heavy atom. The van der Waals surface area contributed by atoms with Crippen molar-refractivity contribution in [2.75, 3.05) is 27.2 Å². The van der Waals surface area contributed by atoms with Gasteiger partial charge in [0.15, 0.2) is 23.9 Å². The van der Waals surface area contributed by atoms with Gasteiger partial charge in [-0.25, -0.2) is 13.4 Å². The zero-order valence-corrected chi connectivity index (χ0v) is 28.5. The number of pyridine rings is 1. The number of carbonyl (C=O) groups excluding carboxylic acids is 2. The van der Waals surface area contributed by atoms with E-state index in [2.05, 4.69) is 9.72 Å². The monoisotopic (exact) mass is 730 g/mol. The van der Waals surface area contributed by atoms with Crippen LogP contribution >= 0.6 is 23.2 Å². The summed E-state index contributed by atoms with van der Waals surface area (Å²) in [5, 5.41) is 0.533. The first-order chi connectivity index (χ1) is 22.3. The number of esters is 1. The largest absolute Gasteiger partial charge is 0.489 e. The van der Waals surface area contributed by atoms with Gasteiger partial charge in [-0.1, -0.05) is 29.3 Å². The summed E-state index contributed by atoms with van der Waals surface area (Å²) in [6.45, 7) is -2.70. The quantitative estimate of drug-likeness (QED) is 0.231. The van der Waals surface area contributed by atoms with Crippen LogP contribution in [0.15, 0.2) is 59.8 Å². The third-order valence-corrected chi connectivity index (χ3v) is 10.6. The second-order valence-electron chi connectivity index (χ2n) is 11.6. The fraction of sp³-hybridized carbons (Fsp3) is 0.406. The molecule has 2 heterocycles. The van der Waals surface area contributed by atoms with Crippen molar-refractivity contribution >= 4 is 45.1 Å². The molecule has 1 aliphatic carbocycles. The Kier molecular flexibility index (Phi) is 12.2. The van der Waals surface area contributed by atoms with Crippen molar-refractivity contribution in [3.05, 3.63) is 81.6 Å². The summed E-state index contributed by atoms with van der Waals surface area (Å²) < 4.78 is 71.4. The van der Waals surface area contributed by atoms with Gasteiger partial charge < -0.3 is 24.6 Å². The number of halogens is 4. The highest BCUT2D eigenvalue weighted by Gasteiger charge is 2.41. The first kappa shape index (κ1) is 37.3. The molecular formula is C32H36Cl2F2N3O8S+. The fourth-order valence-electron chi connectivity index (χ4n) is 5.25. The van der Waals surface area contributed by atoms with Gasteiger partial charge in [0.05, 0.1) is 11.5 Å². The van der Waals surface area contributed by atoms with Gasteiger partial charge in [0.25, 0.3) is 5.91 Å². The molecule has 0 radical (unpaired) electrons. The Labute approximate surface area is 287 Å². The maximum atomic E-state index is 13.8. The summed E-state index contributed by atoms with van der Waals surface area (Å²) in [6.07, 6.45) is 4.48. The molecule has 260 valence electrons. The number of benzene rings is 2. The van der Waals surface area contributed by atoms with Crippen LogP contribution in [-0.4, -0.2) is 74.9 Å². The molecule has 2 aliphatic rings. The number of sulfonamides is 1. The number of aromatic nitrogens is 1. The number of amides is 1. The van der Waals surface area contributed by atoms with Crippen molar-refractivity contribution in [3.63, 3.8) is 0 Å². The van der Waals surface area contributed by atoms with Gasteiger partial charge in [0.2, 0.25) is 10.0 Å². The number of aromatic amines is 1. The lowest BCUT2D eigenvalue weighted by atomic mass is 10.0. The molecule has 5 rings (SSSR count). The molecule has 1 aromatic heterocycles. The Hall–Kier alpha value is -3.56. The highest BCUT2D eigenvalue weighted by molar-refractivity contribution is 7.89. The predicted molar refractivity (Wildman–Crippen MR) is 172 cm³/mol. The van der Waals surface area contributed by atoms with Crippen molar-refractivity contribution in [2.24, 2.45) is 5.92 Å². The van der Waals surface area contributed by atoms with E-state index >= 15 is 0 Å². The van der Waals surface area contributed by atoms with Crippen molar-refractivity contribution in [1.29, 1.82) is 0 Å². The average molecular weight is 732 g/mol. The molecule has 0 bridgehead atoms. The van der Waals surface area contributed by atoms with Crippen LogP contribution < -0.4 is 14.5 Å². The third-order valence-electron chi connectivity index (χ3n) is 7.96. The van der Waals surface area contributed by atoms with Crippen molar-refractivity contribution in [3.8, 4) is 11.5 Å². The number of ether oxygens (including phenoxy) is 3. The molecule has 0 spiro atoms. The summed E-state index contributed by atoms with van der Waals surface area (Å²) in [4.78, 5) is 30.2. The SMILES string of the molecule is CN(C)C(=O)c1ccc(S(=O)(=O)N2CCC[C@H]2C(=O)O[C@@H](Cc2c(Cl)c[nH+]cc2Cl)c2ccc(OC(F)F)c(OCC3CC3)c2)cc1.O. The number of nitrogens with zero attached hydrogens (tertiary/aromatic N) is 2. The van der Waals surface area contributed by atoms with E-state index in [1.54, 1.807) is 14.1 Å². The van der Waals surface area contributed by atoms with E-state index in [4.69, 9.17) is 32.7 Å². The van der Waals surface area contributed by atoms with Crippen LogP contribution in [0.25, 0.3) is 0 Å². The van der Waals surface area contributed by atoms with Gasteiger partial charge >= 0.3 is 12.6 Å². The molecule has 1 aliphatic heterocycles. The van der Waals surface area contributed by atoms with Crippen molar-refractivity contribution < 1.29 is 51.5 Å². The summed E-state index contributed by atoms with van der Waals surface area (Å²) in [6, 6.07) is 8.60. The Balaban J connectivity index is 0.00000520. The van der Waals surface area contributed by atoms with E-state index in [1.807, 2.05) is 0 Å². The molecule has 1 saturated carbocycles. The van der Waals surface area contributed by atoms with Crippen LogP contribution in [0.5, 0.6) is 11.5 Å². The van der Waals surface area contributed by atoms with Gasteiger partial charge in [-0.3, -0.25) is 9.59 Å². The van der Waals surface area contributed by atoms with E-state index in [0.29, 0.717) is 35.6 Å². The zero-order valence-electron chi connectivity index (χ0n) is 26.1. The van der Waals surface area contributed by atoms with Gasteiger partial charge in [0.1, 0.15) is 22.2 Å². The number of hydrogen-bond donors (Lipinski definition) is 0. The number of H-pyrrole nitrogens is 1. The van der Waals surface area contributed by atoms with Crippen LogP contribution in [0.4, 0.5) is 8.78 Å². The van der Waals surface area contributed by atoms with E-state index in [-0.39, 0.29) is 57.2 Å². The van der Waals surface area contributed by atoms with Crippen LogP contribution in [0.2, 0.25) is 10.0 Å². The summed E-state index contributed by atoms with van der Waals surface area (Å²) in [7, 11) is -0.969. The molecule has 2 aromatic carbocycles. The minimum absolute atomic E-state index is 0. The van der Waals surface area contributed by atoms with Gasteiger partial charge in [-0.05, 0) is 73.6 Å². The topological polar surface area (TPSA) is 148 Å². The number of alkyl halides is 2. The Morgan fingerprint density at radius 3 is 2.29 bits per heavy atom. The van der Waals surface area contributed by atoms with Gasteiger partial charge in [-0.2, -0.15) is 13.1 Å². The standard InChI is InChI=1S/C32H33Cl2F2N3O7S.H2O/c1-38(2)30(40)20-7-10-22(11-8-20)47(42,43)39-13-3-4-26(39)31(41)45-28(15-23-24(33)16-37-17-25(23)34)21-9-12-27(46-32(35)36)29(14-21)44-18-19-5-6-19;/h7-12,14,16-17,19,26,28,32H,3-6,13,15,18H2,1-2H3;1H2/p+1/t26-,28-;/m0./s1. The number of carbonyl (C=O) groups is 2. The highest BCUT2D eigenvalue weighted by atomic mass is 35.5. The highest BCUT2D eigenvalue weighted by Crippen LogP contribution is 2.38. The van der Waals surface area contributed by atoms with Crippen LogP contribution in [0, 0.1) is 5.92 Å². The molecule has 16 heteroatoms. The summed E-state index contributed by atoms with van der Waals surface area (Å²) in [5.41, 5.74) is 1.14. The second kappa shape index (κ2) is 15.8. The first-order valence-electron chi connectivity index (χ1n) is 14.9. The minimum Gasteiger partial charge on any atom is -0.489 e. The lowest BCUT2D eigenvalue weighted by Gasteiger charge is -2.26. The third kappa shape index (κ3) is 8.72. The summed E-state index contributed by atoms with van der Waals surface area (Å²) >= 11 is 12.9.